The molecule has 3 aromatic rings. The third-order valence-electron chi connectivity index (χ3n) is 6.87. The first-order valence-electron chi connectivity index (χ1n) is 11.9. The van der Waals surface area contributed by atoms with Gasteiger partial charge in [0.2, 0.25) is 5.75 Å². The minimum absolute atomic E-state index is 0.0936. The number of fused-ring (bicyclic) bond motifs is 1. The molecule has 2 aromatic heterocycles. The van der Waals surface area contributed by atoms with Gasteiger partial charge in [-0.15, -0.1) is 11.3 Å². The first-order chi connectivity index (χ1) is 18.1. The van der Waals surface area contributed by atoms with Crippen molar-refractivity contribution in [2.75, 3.05) is 25.4 Å². The Morgan fingerprint density at radius 3 is 2.53 bits per heavy atom. The van der Waals surface area contributed by atoms with Crippen LogP contribution in [-0.2, 0) is 16.4 Å². The number of benzene rings is 1. The number of sulfone groups is 1. The molecule has 1 saturated heterocycles. The van der Waals surface area contributed by atoms with Crippen molar-refractivity contribution >= 4 is 50.3 Å². The monoisotopic (exact) mass is 598 g/mol. The summed E-state index contributed by atoms with van der Waals surface area (Å²) in [5, 5.41) is 24.0. The Hall–Kier alpha value is -2.48. The number of aliphatic hydroxyl groups is 1. The van der Waals surface area contributed by atoms with Crippen molar-refractivity contribution < 1.29 is 23.4 Å². The fraction of sp³-hybridized carbons (Fsp3) is 0.375. The molecular formula is C24H24Cl2N4O6S2. The van der Waals surface area contributed by atoms with Gasteiger partial charge in [0.15, 0.2) is 15.5 Å². The van der Waals surface area contributed by atoms with E-state index >= 15 is 0 Å². The number of thiophene rings is 1. The maximum absolute atomic E-state index is 13.4. The lowest BCUT2D eigenvalue weighted by atomic mass is 10.1. The Kier molecular flexibility index (Phi) is 7.55. The van der Waals surface area contributed by atoms with E-state index in [4.69, 9.17) is 23.2 Å². The van der Waals surface area contributed by atoms with Crippen molar-refractivity contribution in [3.63, 3.8) is 0 Å². The second-order valence-electron chi connectivity index (χ2n) is 9.07. The molecule has 1 amide bonds. The standard InChI is InChI=1S/C24H24Cl2N4O6S2/c25-14-4-1-5-15(26)18(14)23(33)29-8-2-6-16(29)21-27-22(32)20(31)19-24(34)28(9-10-30(19)21)11-13-38(35,36)17-7-3-12-37-17/h1,3-5,7,12,16,23,31,33H,2,6,8-11,13H2/t16-,23?/m0/s1. The lowest BCUT2D eigenvalue weighted by Crippen LogP contribution is -2.46. The number of hydrogen-bond acceptors (Lipinski definition) is 9. The molecule has 10 nitrogen and oxygen atoms in total. The van der Waals surface area contributed by atoms with Gasteiger partial charge in [0.1, 0.15) is 16.3 Å². The van der Waals surface area contributed by atoms with Gasteiger partial charge >= 0.3 is 5.56 Å². The zero-order valence-corrected chi connectivity index (χ0v) is 23.1. The summed E-state index contributed by atoms with van der Waals surface area (Å²) >= 11 is 13.7. The maximum atomic E-state index is 13.4. The number of nitrogens with zero attached hydrogens (tertiary/aromatic N) is 4. The van der Waals surface area contributed by atoms with E-state index in [0.29, 0.717) is 24.9 Å². The van der Waals surface area contributed by atoms with Crippen molar-refractivity contribution in [2.45, 2.75) is 35.9 Å². The van der Waals surface area contributed by atoms with E-state index in [0.717, 1.165) is 11.3 Å². The Bertz CT molecular complexity index is 1520. The van der Waals surface area contributed by atoms with Gasteiger partial charge in [0.05, 0.1) is 11.8 Å². The third-order valence-corrected chi connectivity index (χ3v) is 10.7. The molecule has 0 aliphatic carbocycles. The number of amides is 1. The topological polar surface area (TPSA) is 133 Å². The van der Waals surface area contributed by atoms with E-state index in [1.807, 2.05) is 0 Å². The zero-order valence-electron chi connectivity index (χ0n) is 20.0. The van der Waals surface area contributed by atoms with Gasteiger partial charge in [0, 0.05) is 41.8 Å². The summed E-state index contributed by atoms with van der Waals surface area (Å²) in [6.07, 6.45) is 0.0208. The van der Waals surface area contributed by atoms with Gasteiger partial charge in [-0.25, -0.2) is 8.42 Å². The average Bonchev–Trinajstić information content (AvgIpc) is 3.58. The second kappa shape index (κ2) is 10.6. The van der Waals surface area contributed by atoms with E-state index in [1.54, 1.807) is 34.5 Å². The van der Waals surface area contributed by atoms with Gasteiger partial charge in [0.25, 0.3) is 5.91 Å². The predicted octanol–water partition coefficient (Wildman–Crippen LogP) is 3.07. The molecule has 0 saturated carbocycles. The molecule has 5 rings (SSSR count). The summed E-state index contributed by atoms with van der Waals surface area (Å²) in [5.41, 5.74) is -0.876. The molecule has 1 fully saturated rings. The number of carbonyl (C=O) groups excluding carboxylic acids is 1. The van der Waals surface area contributed by atoms with Gasteiger partial charge < -0.3 is 19.7 Å². The predicted molar refractivity (Wildman–Crippen MR) is 143 cm³/mol. The number of hydrogen-bond donors (Lipinski definition) is 2. The molecule has 2 aliphatic rings. The van der Waals surface area contributed by atoms with Crippen molar-refractivity contribution in [2.24, 2.45) is 0 Å². The van der Waals surface area contributed by atoms with Crippen LogP contribution in [0.2, 0.25) is 10.0 Å². The first kappa shape index (κ1) is 27.1. The Labute approximate surface area is 232 Å². The molecule has 4 heterocycles. The highest BCUT2D eigenvalue weighted by Gasteiger charge is 2.39. The van der Waals surface area contributed by atoms with E-state index in [1.165, 1.54) is 15.5 Å². The molecule has 202 valence electrons. The van der Waals surface area contributed by atoms with Crippen LogP contribution in [0, 0.1) is 0 Å². The number of halogens is 2. The van der Waals surface area contributed by atoms with Crippen molar-refractivity contribution in [1.29, 1.82) is 0 Å². The second-order valence-corrected chi connectivity index (χ2v) is 13.2. The number of likely N-dealkylation sites (tertiary alicyclic amines) is 1. The maximum Gasteiger partial charge on any atom is 0.315 e. The number of aliphatic hydroxyl groups excluding tert-OH is 1. The van der Waals surface area contributed by atoms with Crippen LogP contribution >= 0.6 is 34.5 Å². The summed E-state index contributed by atoms with van der Waals surface area (Å²) in [5.74, 6) is -1.50. The van der Waals surface area contributed by atoms with Crippen LogP contribution in [-0.4, -0.2) is 69.3 Å². The molecule has 0 spiro atoms. The quantitative estimate of drug-likeness (QED) is 0.424. The van der Waals surface area contributed by atoms with Crippen LogP contribution < -0.4 is 5.56 Å². The molecule has 2 aliphatic heterocycles. The SMILES string of the molecule is O=C1c2c(O)c(=O)nc([C@@H]3CCCN3C(O)c3c(Cl)cccc3Cl)n2CCN1CCS(=O)(=O)c1cccs1. The van der Waals surface area contributed by atoms with E-state index in [-0.39, 0.29) is 51.2 Å². The third kappa shape index (κ3) is 4.85. The summed E-state index contributed by atoms with van der Waals surface area (Å²) in [6, 6.07) is 7.50. The first-order valence-corrected chi connectivity index (χ1v) is 15.2. The molecular weight excluding hydrogens is 575 g/mol. The normalized spacial score (nSPS) is 19.1. The number of aromatic hydroxyl groups is 1. The molecule has 2 atom stereocenters. The lowest BCUT2D eigenvalue weighted by Gasteiger charge is -2.35. The van der Waals surface area contributed by atoms with Gasteiger partial charge in [-0.3, -0.25) is 14.5 Å². The molecule has 0 radical (unpaired) electrons. The molecule has 2 N–H and O–H groups in total. The summed E-state index contributed by atoms with van der Waals surface area (Å²) < 4.78 is 26.9. The molecule has 1 unspecified atom stereocenters. The van der Waals surface area contributed by atoms with Gasteiger partial charge in [-0.1, -0.05) is 35.3 Å². The Morgan fingerprint density at radius 1 is 1.11 bits per heavy atom. The number of aromatic nitrogens is 2. The van der Waals surface area contributed by atoms with Crippen LogP contribution in [0.15, 0.2) is 44.7 Å². The minimum atomic E-state index is -3.58. The van der Waals surface area contributed by atoms with Crippen LogP contribution in [0.25, 0.3) is 0 Å². The summed E-state index contributed by atoms with van der Waals surface area (Å²) in [6.45, 7) is 0.710. The molecule has 38 heavy (non-hydrogen) atoms. The van der Waals surface area contributed by atoms with Gasteiger partial charge in [-0.05, 0) is 36.4 Å². The van der Waals surface area contributed by atoms with Gasteiger partial charge in [-0.2, -0.15) is 4.98 Å². The zero-order chi connectivity index (χ0) is 27.2. The lowest BCUT2D eigenvalue weighted by molar-refractivity contribution is -0.0112. The largest absolute Gasteiger partial charge is 0.501 e. The van der Waals surface area contributed by atoms with Crippen LogP contribution in [0.1, 0.15) is 47.0 Å². The highest BCUT2D eigenvalue weighted by Crippen LogP contribution is 2.41. The number of rotatable bonds is 7. The molecule has 0 bridgehead atoms. The van der Waals surface area contributed by atoms with Crippen molar-refractivity contribution in [3.8, 4) is 5.75 Å². The van der Waals surface area contributed by atoms with Crippen LogP contribution in [0.5, 0.6) is 5.75 Å². The minimum Gasteiger partial charge on any atom is -0.501 e. The summed E-state index contributed by atoms with van der Waals surface area (Å²) in [7, 11) is -3.58. The summed E-state index contributed by atoms with van der Waals surface area (Å²) in [4.78, 5) is 33.2. The van der Waals surface area contributed by atoms with E-state index < -0.39 is 39.3 Å². The molecule has 14 heteroatoms. The van der Waals surface area contributed by atoms with E-state index in [2.05, 4.69) is 4.98 Å². The van der Waals surface area contributed by atoms with E-state index in [9.17, 15) is 28.2 Å². The molecule has 1 aromatic carbocycles. The highest BCUT2D eigenvalue weighted by molar-refractivity contribution is 7.93. The number of carbonyl (C=O) groups is 1. The van der Waals surface area contributed by atoms with Crippen molar-refractivity contribution in [1.82, 2.24) is 19.4 Å². The Morgan fingerprint density at radius 2 is 1.84 bits per heavy atom. The fourth-order valence-electron chi connectivity index (χ4n) is 5.00. The fourth-order valence-corrected chi connectivity index (χ4v) is 7.99. The highest BCUT2D eigenvalue weighted by atomic mass is 35.5. The van der Waals surface area contributed by atoms with Crippen LogP contribution in [0.3, 0.4) is 0 Å². The smallest absolute Gasteiger partial charge is 0.315 e. The Balaban J connectivity index is 1.45. The van der Waals surface area contributed by atoms with Crippen LogP contribution in [0.4, 0.5) is 0 Å². The van der Waals surface area contributed by atoms with Crippen molar-refractivity contribution in [3.05, 3.63) is 73.2 Å². The average molecular weight is 600 g/mol.